The normalized spacial score (nSPS) is 19.1. The van der Waals surface area contributed by atoms with Gasteiger partial charge in [0.1, 0.15) is 0 Å². The van der Waals surface area contributed by atoms with E-state index < -0.39 is 10.0 Å². The molecule has 1 aromatic rings. The Morgan fingerprint density at radius 2 is 1.85 bits per heavy atom. The lowest BCUT2D eigenvalue weighted by molar-refractivity contribution is 0.0644. The molecule has 3 rings (SSSR count). The number of hydrogen-bond acceptors (Lipinski definition) is 5. The van der Waals surface area contributed by atoms with Gasteiger partial charge < -0.3 is 14.5 Å². The summed E-state index contributed by atoms with van der Waals surface area (Å²) in [7, 11) is 1.12. The van der Waals surface area contributed by atoms with E-state index in [0.717, 1.165) is 50.8 Å². The number of nitrogens with zero attached hydrogens (tertiary/aromatic N) is 3. The first-order valence-corrected chi connectivity index (χ1v) is 14.1. The van der Waals surface area contributed by atoms with E-state index in [4.69, 9.17) is 4.74 Å². The molecule has 1 atom stereocenters. The molecule has 1 saturated heterocycles. The summed E-state index contributed by atoms with van der Waals surface area (Å²) in [5.41, 5.74) is 3.72. The summed E-state index contributed by atoms with van der Waals surface area (Å²) < 4.78 is 30.7. The molecule has 2 aliphatic rings. The summed E-state index contributed by atoms with van der Waals surface area (Å²) in [6, 6.07) is 6.93. The number of amides is 1. The Balaban J connectivity index is 1.52. The molecule has 0 radical (unpaired) electrons. The third kappa shape index (κ3) is 7.17. The number of likely N-dealkylation sites (tertiary alicyclic amines) is 1. The van der Waals surface area contributed by atoms with E-state index in [1.165, 1.54) is 23.8 Å². The smallest absolute Gasteiger partial charge is 0.410 e. The first-order valence-electron chi connectivity index (χ1n) is 12.2. The molecule has 0 saturated carbocycles. The molecule has 0 aliphatic carbocycles. The molecular weight excluding hydrogens is 438 g/mol. The standard InChI is InChI=1S/C25H41N3O4S/c1-19(2)32-25(29)27-14-11-20(12-15-27)7-6-8-24(26(3)4)22-9-10-23-18-28(33(5,30)31)16-13-21(23)17-22/h9-10,17,19-20,24H,6-8,11-16,18H2,1-5H3. The van der Waals surface area contributed by atoms with E-state index in [9.17, 15) is 13.2 Å². The van der Waals surface area contributed by atoms with Crippen molar-refractivity contribution in [3.05, 3.63) is 34.9 Å². The fourth-order valence-electron chi connectivity index (χ4n) is 5.04. The number of carbonyl (C=O) groups is 1. The molecule has 0 spiro atoms. The molecule has 33 heavy (non-hydrogen) atoms. The molecule has 0 aromatic heterocycles. The summed E-state index contributed by atoms with van der Waals surface area (Å²) in [4.78, 5) is 16.2. The Labute approximate surface area is 200 Å². The molecule has 0 bridgehead atoms. The van der Waals surface area contributed by atoms with Gasteiger partial charge in [0.15, 0.2) is 0 Å². The number of hydrogen-bond donors (Lipinski definition) is 0. The zero-order valence-electron chi connectivity index (χ0n) is 20.9. The van der Waals surface area contributed by atoms with Gasteiger partial charge in [0, 0.05) is 32.2 Å². The van der Waals surface area contributed by atoms with Crippen LogP contribution in [0, 0.1) is 5.92 Å². The second-order valence-corrected chi connectivity index (χ2v) is 12.1. The summed E-state index contributed by atoms with van der Waals surface area (Å²) in [5.74, 6) is 0.668. The van der Waals surface area contributed by atoms with Crippen LogP contribution in [0.1, 0.15) is 68.7 Å². The monoisotopic (exact) mass is 479 g/mol. The van der Waals surface area contributed by atoms with Crippen molar-refractivity contribution in [3.63, 3.8) is 0 Å². The molecule has 1 fully saturated rings. The van der Waals surface area contributed by atoms with Crippen molar-refractivity contribution in [2.45, 2.75) is 71.1 Å². The number of fused-ring (bicyclic) bond motifs is 1. The number of sulfonamides is 1. The Hall–Kier alpha value is -1.64. The molecule has 1 unspecified atom stereocenters. The fraction of sp³-hybridized carbons (Fsp3) is 0.720. The summed E-state index contributed by atoms with van der Waals surface area (Å²) >= 11 is 0. The first kappa shape index (κ1) is 26.0. The molecular formula is C25H41N3O4S. The van der Waals surface area contributed by atoms with Crippen molar-refractivity contribution in [1.82, 2.24) is 14.1 Å². The molecule has 186 valence electrons. The van der Waals surface area contributed by atoms with E-state index in [1.807, 2.05) is 18.7 Å². The highest BCUT2D eigenvalue weighted by molar-refractivity contribution is 7.88. The zero-order valence-corrected chi connectivity index (χ0v) is 21.7. The van der Waals surface area contributed by atoms with Crippen LogP contribution < -0.4 is 0 Å². The number of carbonyl (C=O) groups excluding carboxylic acids is 1. The quantitative estimate of drug-likeness (QED) is 0.563. The number of benzene rings is 1. The Kier molecular flexibility index (Phi) is 8.81. The maximum atomic E-state index is 12.1. The Morgan fingerprint density at radius 1 is 1.15 bits per heavy atom. The lowest BCUT2D eigenvalue weighted by Gasteiger charge is -2.32. The number of rotatable bonds is 8. The van der Waals surface area contributed by atoms with Crippen LogP contribution >= 0.6 is 0 Å². The molecule has 1 amide bonds. The number of piperidine rings is 1. The maximum Gasteiger partial charge on any atom is 0.410 e. The van der Waals surface area contributed by atoms with Gasteiger partial charge in [-0.3, -0.25) is 0 Å². The van der Waals surface area contributed by atoms with Crippen LogP contribution in [0.25, 0.3) is 0 Å². The minimum absolute atomic E-state index is 0.0691. The average Bonchev–Trinajstić information content (AvgIpc) is 2.75. The van der Waals surface area contributed by atoms with Crippen molar-refractivity contribution in [2.75, 3.05) is 40.0 Å². The van der Waals surface area contributed by atoms with Gasteiger partial charge in [-0.1, -0.05) is 31.0 Å². The molecule has 7 nitrogen and oxygen atoms in total. The number of ether oxygens (including phenoxy) is 1. The molecule has 8 heteroatoms. The van der Waals surface area contributed by atoms with Crippen LogP contribution in [-0.4, -0.2) is 74.7 Å². The van der Waals surface area contributed by atoms with Gasteiger partial charge in [-0.15, -0.1) is 0 Å². The largest absolute Gasteiger partial charge is 0.447 e. The van der Waals surface area contributed by atoms with Gasteiger partial charge >= 0.3 is 6.09 Å². The van der Waals surface area contributed by atoms with Gasteiger partial charge in [0.2, 0.25) is 10.0 Å². The van der Waals surface area contributed by atoms with E-state index in [1.54, 1.807) is 4.31 Å². The van der Waals surface area contributed by atoms with Crippen molar-refractivity contribution in [1.29, 1.82) is 0 Å². The van der Waals surface area contributed by atoms with Crippen molar-refractivity contribution >= 4 is 16.1 Å². The Bertz CT molecular complexity index is 908. The summed E-state index contributed by atoms with van der Waals surface area (Å²) in [6.45, 7) is 6.40. The summed E-state index contributed by atoms with van der Waals surface area (Å²) in [5, 5.41) is 0. The highest BCUT2D eigenvalue weighted by Crippen LogP contribution is 2.31. The Morgan fingerprint density at radius 3 is 2.45 bits per heavy atom. The highest BCUT2D eigenvalue weighted by atomic mass is 32.2. The third-order valence-corrected chi connectivity index (χ3v) is 8.23. The molecule has 1 aromatic carbocycles. The van der Waals surface area contributed by atoms with Crippen LogP contribution in [-0.2, 0) is 27.7 Å². The fourth-order valence-corrected chi connectivity index (χ4v) is 5.84. The zero-order chi connectivity index (χ0) is 24.2. The predicted octanol–water partition coefficient (Wildman–Crippen LogP) is 4.03. The summed E-state index contributed by atoms with van der Waals surface area (Å²) in [6.07, 6.45) is 7.35. The van der Waals surface area contributed by atoms with E-state index >= 15 is 0 Å². The maximum absolute atomic E-state index is 12.1. The topological polar surface area (TPSA) is 70.2 Å². The van der Waals surface area contributed by atoms with Gasteiger partial charge in [-0.25, -0.2) is 13.2 Å². The van der Waals surface area contributed by atoms with Crippen molar-refractivity contribution < 1.29 is 17.9 Å². The van der Waals surface area contributed by atoms with Gasteiger partial charge in [0.05, 0.1) is 12.4 Å². The SMILES string of the molecule is CC(C)OC(=O)N1CCC(CCCC(c2ccc3c(c2)CCN(S(C)(=O)=O)C3)N(C)C)CC1. The van der Waals surface area contributed by atoms with Crippen LogP contribution in [0.4, 0.5) is 4.79 Å². The minimum Gasteiger partial charge on any atom is -0.447 e. The van der Waals surface area contributed by atoms with Crippen molar-refractivity contribution in [2.24, 2.45) is 5.92 Å². The highest BCUT2D eigenvalue weighted by Gasteiger charge is 2.26. The second kappa shape index (κ2) is 11.2. The van der Waals surface area contributed by atoms with E-state index in [0.29, 0.717) is 25.0 Å². The average molecular weight is 480 g/mol. The van der Waals surface area contributed by atoms with Gasteiger partial charge in [0.25, 0.3) is 0 Å². The third-order valence-electron chi connectivity index (χ3n) is 6.98. The first-order chi connectivity index (χ1) is 15.5. The minimum atomic E-state index is -3.15. The predicted molar refractivity (Wildman–Crippen MR) is 132 cm³/mol. The lowest BCUT2D eigenvalue weighted by atomic mass is 9.89. The van der Waals surface area contributed by atoms with Gasteiger partial charge in [-0.05, 0) is 76.2 Å². The molecule has 2 aliphatic heterocycles. The van der Waals surface area contributed by atoms with Crippen LogP contribution in [0.5, 0.6) is 0 Å². The molecule has 2 heterocycles. The van der Waals surface area contributed by atoms with E-state index in [-0.39, 0.29) is 12.2 Å². The van der Waals surface area contributed by atoms with Gasteiger partial charge in [-0.2, -0.15) is 4.31 Å². The lowest BCUT2D eigenvalue weighted by Crippen LogP contribution is -2.39. The molecule has 0 N–H and O–H groups in total. The van der Waals surface area contributed by atoms with Crippen LogP contribution in [0.2, 0.25) is 0 Å². The van der Waals surface area contributed by atoms with Crippen LogP contribution in [0.15, 0.2) is 18.2 Å². The van der Waals surface area contributed by atoms with Crippen LogP contribution in [0.3, 0.4) is 0 Å². The van der Waals surface area contributed by atoms with E-state index in [2.05, 4.69) is 37.2 Å². The second-order valence-electron chi connectivity index (χ2n) is 10.1. The van der Waals surface area contributed by atoms with Crippen molar-refractivity contribution in [3.8, 4) is 0 Å².